The van der Waals surface area contributed by atoms with Gasteiger partial charge in [0.2, 0.25) is 0 Å². The van der Waals surface area contributed by atoms with Crippen molar-refractivity contribution in [3.63, 3.8) is 0 Å². The fraction of sp³-hybridized carbons (Fsp3) is 0.455. The van der Waals surface area contributed by atoms with E-state index in [1.165, 1.54) is 64.8 Å². The van der Waals surface area contributed by atoms with E-state index >= 15 is 0 Å². The van der Waals surface area contributed by atoms with Crippen molar-refractivity contribution in [2.75, 3.05) is 0 Å². The SMILES string of the molecule is CC(C)CC(=O)/C=C(\O)CC(C)C.Cc1ccc2c(c1)oc1c(-c3ncc(C(C)C)c4cc(C5CCCC5)ccc34)[c-]c(C(C)C)cc12.[Ir]. The Bertz CT molecular complexity index is 1940. The third-order valence-corrected chi connectivity index (χ3v) is 9.48. The second kappa shape index (κ2) is 16.6. The van der Waals surface area contributed by atoms with Gasteiger partial charge in [0.15, 0.2) is 5.78 Å². The molecule has 1 aliphatic carbocycles. The number of furan rings is 1. The Morgan fingerprint density at radius 3 is 2.18 bits per heavy atom. The summed E-state index contributed by atoms with van der Waals surface area (Å²) in [5, 5.41) is 14.2. The minimum Gasteiger partial charge on any atom is -0.512 e. The number of aliphatic hydroxyl groups is 1. The van der Waals surface area contributed by atoms with Crippen molar-refractivity contribution in [1.82, 2.24) is 4.98 Å². The summed E-state index contributed by atoms with van der Waals surface area (Å²) in [6, 6.07) is 19.6. The number of nitrogens with zero attached hydrogens (tertiary/aromatic N) is 1. The maximum atomic E-state index is 11.2. The molecular formula is C44H54IrNO3-. The predicted octanol–water partition coefficient (Wildman–Crippen LogP) is 12.9. The summed E-state index contributed by atoms with van der Waals surface area (Å²) in [7, 11) is 0. The van der Waals surface area contributed by atoms with E-state index in [-0.39, 0.29) is 31.6 Å². The van der Waals surface area contributed by atoms with E-state index in [2.05, 4.69) is 89.3 Å². The number of rotatable bonds is 9. The zero-order chi connectivity index (χ0) is 34.7. The van der Waals surface area contributed by atoms with Crippen LogP contribution in [0.3, 0.4) is 0 Å². The fourth-order valence-corrected chi connectivity index (χ4v) is 7.00. The first-order chi connectivity index (χ1) is 22.8. The van der Waals surface area contributed by atoms with Gasteiger partial charge < -0.3 is 14.5 Å². The molecule has 5 heteroatoms. The Morgan fingerprint density at radius 2 is 1.55 bits per heavy atom. The second-order valence-electron chi connectivity index (χ2n) is 15.4. The average Bonchev–Trinajstić information content (AvgIpc) is 3.67. The van der Waals surface area contributed by atoms with Gasteiger partial charge in [-0.15, -0.1) is 17.7 Å². The molecule has 4 nitrogen and oxygen atoms in total. The summed E-state index contributed by atoms with van der Waals surface area (Å²) in [5.41, 5.74) is 8.98. The number of fused-ring (bicyclic) bond motifs is 4. The Kier molecular flexibility index (Phi) is 13.1. The first-order valence-electron chi connectivity index (χ1n) is 18.1. The van der Waals surface area contributed by atoms with Gasteiger partial charge in [0.05, 0.1) is 11.3 Å². The van der Waals surface area contributed by atoms with E-state index in [9.17, 15) is 9.90 Å². The minimum atomic E-state index is 0. The van der Waals surface area contributed by atoms with Crippen LogP contribution in [0.5, 0.6) is 0 Å². The number of aromatic nitrogens is 1. The van der Waals surface area contributed by atoms with Crippen LogP contribution in [0.15, 0.2) is 64.9 Å². The first kappa shape index (κ1) is 38.5. The molecule has 0 aliphatic heterocycles. The van der Waals surface area contributed by atoms with Crippen molar-refractivity contribution >= 4 is 38.5 Å². The summed E-state index contributed by atoms with van der Waals surface area (Å²) < 4.78 is 6.51. The quantitative estimate of drug-likeness (QED) is 0.0912. The molecule has 0 spiro atoms. The number of carbonyl (C=O) groups is 1. The topological polar surface area (TPSA) is 63.3 Å². The van der Waals surface area contributed by atoms with Gasteiger partial charge in [0.25, 0.3) is 0 Å². The van der Waals surface area contributed by atoms with Crippen molar-refractivity contribution in [2.45, 2.75) is 119 Å². The van der Waals surface area contributed by atoms with Crippen LogP contribution in [0, 0.1) is 24.8 Å². The van der Waals surface area contributed by atoms with Gasteiger partial charge in [-0.1, -0.05) is 110 Å². The largest absolute Gasteiger partial charge is 0.512 e. The average molecular weight is 837 g/mol. The van der Waals surface area contributed by atoms with Crippen LogP contribution in [0.25, 0.3) is 44.0 Å². The molecule has 49 heavy (non-hydrogen) atoms. The Hall–Kier alpha value is -3.27. The standard InChI is InChI=1S/C33H34NO.C11H20O2.Ir/c1-19(2)24-16-28-25-12-10-21(5)14-31(25)35-33(28)29(17-24)32-26-13-11-23(22-8-6-7-9-22)15-27(26)30(18-34-32)20(3)4;1-8(2)5-10(12)7-11(13)6-9(3)4;/h10-16,18-20,22H,6-9H2,1-5H3;7-9,12H,5-6H2,1-4H3;/q-1;;/b;10-7-;. The van der Waals surface area contributed by atoms with Crippen LogP contribution in [0.1, 0.15) is 134 Å². The molecule has 1 saturated carbocycles. The molecule has 6 rings (SSSR count). The molecule has 2 aromatic heterocycles. The molecular weight excluding hydrogens is 783 g/mol. The van der Waals surface area contributed by atoms with E-state index in [1.807, 2.05) is 27.7 Å². The molecule has 0 saturated heterocycles. The maximum Gasteiger partial charge on any atom is 0.159 e. The summed E-state index contributed by atoms with van der Waals surface area (Å²) in [6.07, 6.45) is 9.87. The third-order valence-electron chi connectivity index (χ3n) is 9.48. The molecule has 1 fully saturated rings. The number of aryl methyl sites for hydroxylation is 1. The minimum absolute atomic E-state index is 0. The summed E-state index contributed by atoms with van der Waals surface area (Å²) >= 11 is 0. The molecule has 263 valence electrons. The van der Waals surface area contributed by atoms with Crippen LogP contribution in [-0.4, -0.2) is 15.9 Å². The van der Waals surface area contributed by atoms with Gasteiger partial charge in [-0.2, -0.15) is 0 Å². The molecule has 1 N–H and O–H groups in total. The van der Waals surface area contributed by atoms with E-state index < -0.39 is 0 Å². The van der Waals surface area contributed by atoms with E-state index in [0.29, 0.717) is 42.4 Å². The Morgan fingerprint density at radius 1 is 0.878 bits per heavy atom. The molecule has 5 aromatic rings. The second-order valence-corrected chi connectivity index (χ2v) is 15.4. The van der Waals surface area contributed by atoms with Gasteiger partial charge >= 0.3 is 0 Å². The third kappa shape index (κ3) is 9.10. The summed E-state index contributed by atoms with van der Waals surface area (Å²) in [5.74, 6) is 2.45. The number of benzene rings is 3. The van der Waals surface area contributed by atoms with Crippen LogP contribution in [-0.2, 0) is 24.9 Å². The number of hydrogen-bond acceptors (Lipinski definition) is 4. The number of carbonyl (C=O) groups excluding carboxylic acids is 1. The fourth-order valence-electron chi connectivity index (χ4n) is 7.00. The van der Waals surface area contributed by atoms with Crippen LogP contribution in [0.2, 0.25) is 0 Å². The maximum absolute atomic E-state index is 11.2. The van der Waals surface area contributed by atoms with E-state index in [4.69, 9.17) is 9.40 Å². The van der Waals surface area contributed by atoms with Crippen molar-refractivity contribution in [3.8, 4) is 11.3 Å². The molecule has 0 bridgehead atoms. The van der Waals surface area contributed by atoms with Gasteiger partial charge in [0, 0.05) is 50.6 Å². The predicted molar refractivity (Wildman–Crippen MR) is 202 cm³/mol. The molecule has 1 radical (unpaired) electrons. The zero-order valence-electron chi connectivity index (χ0n) is 30.9. The van der Waals surface area contributed by atoms with Crippen molar-refractivity contribution < 1.29 is 34.4 Å². The van der Waals surface area contributed by atoms with Crippen LogP contribution in [0.4, 0.5) is 0 Å². The van der Waals surface area contributed by atoms with Crippen molar-refractivity contribution in [3.05, 3.63) is 88.8 Å². The summed E-state index contributed by atoms with van der Waals surface area (Å²) in [4.78, 5) is 16.3. The molecule has 2 heterocycles. The molecule has 0 atom stereocenters. The van der Waals surface area contributed by atoms with Crippen LogP contribution < -0.4 is 0 Å². The molecule has 3 aromatic carbocycles. The van der Waals surface area contributed by atoms with E-state index in [1.54, 1.807) is 0 Å². The first-order valence-corrected chi connectivity index (χ1v) is 18.1. The normalized spacial score (nSPS) is 14.0. The zero-order valence-corrected chi connectivity index (χ0v) is 33.3. The number of aliphatic hydroxyl groups excluding tert-OH is 1. The van der Waals surface area contributed by atoms with Crippen molar-refractivity contribution in [2.24, 2.45) is 11.8 Å². The molecule has 0 unspecified atom stereocenters. The van der Waals surface area contributed by atoms with E-state index in [0.717, 1.165) is 33.2 Å². The summed E-state index contributed by atoms with van der Waals surface area (Å²) in [6.45, 7) is 19.1. The van der Waals surface area contributed by atoms with Gasteiger partial charge in [-0.25, -0.2) is 0 Å². The smallest absolute Gasteiger partial charge is 0.159 e. The van der Waals surface area contributed by atoms with Crippen LogP contribution >= 0.6 is 0 Å². The molecule has 1 aliphatic rings. The van der Waals surface area contributed by atoms with Gasteiger partial charge in [0.1, 0.15) is 5.58 Å². The number of ketones is 1. The van der Waals surface area contributed by atoms with Gasteiger partial charge in [-0.05, 0) is 88.6 Å². The monoisotopic (exact) mass is 837 g/mol. The van der Waals surface area contributed by atoms with Crippen molar-refractivity contribution in [1.29, 1.82) is 0 Å². The number of pyridine rings is 1. The number of hydrogen-bond donors (Lipinski definition) is 1. The Labute approximate surface area is 307 Å². The molecule has 0 amide bonds. The Balaban J connectivity index is 0.000000332. The van der Waals surface area contributed by atoms with Gasteiger partial charge in [-0.3, -0.25) is 4.79 Å². The number of allylic oxidation sites excluding steroid dienone is 2.